The molecule has 0 bridgehead atoms. The van der Waals surface area contributed by atoms with Crippen molar-refractivity contribution in [2.24, 2.45) is 0 Å². The van der Waals surface area contributed by atoms with Crippen molar-refractivity contribution in [1.29, 1.82) is 0 Å². The lowest BCUT2D eigenvalue weighted by Crippen LogP contribution is -2.15. The molecule has 0 aliphatic carbocycles. The Kier molecular flexibility index (Phi) is 3.98. The number of carboxylic acid groups (broad SMARTS) is 1. The van der Waals surface area contributed by atoms with Crippen molar-refractivity contribution < 1.29 is 27.5 Å². The fraction of sp³-hybridized carbons (Fsp3) is 0.154. The fourth-order valence-electron chi connectivity index (χ4n) is 1.67. The molecule has 0 amide bonds. The minimum Gasteiger partial charge on any atom is -0.477 e. The number of anilines is 2. The molecule has 5 nitrogen and oxygen atoms in total. The molecule has 2 aromatic rings. The summed E-state index contributed by atoms with van der Waals surface area (Å²) in [4.78, 5) is 17.2. The number of rotatable bonds is 3. The lowest BCUT2D eigenvalue weighted by atomic mass is 10.2. The maximum atomic E-state index is 13.0. The number of carboxylic acids is 1. The molecule has 0 saturated heterocycles. The van der Waals surface area contributed by atoms with Gasteiger partial charge in [0.1, 0.15) is 17.2 Å². The molecule has 0 spiro atoms. The van der Waals surface area contributed by atoms with E-state index < -0.39 is 35.2 Å². The summed E-state index contributed by atoms with van der Waals surface area (Å²) < 4.78 is 50.9. The molecular weight excluding hydrogens is 306 g/mol. The second kappa shape index (κ2) is 5.58. The number of alkyl halides is 3. The summed E-state index contributed by atoms with van der Waals surface area (Å²) in [5, 5.41) is 11.5. The summed E-state index contributed by atoms with van der Waals surface area (Å²) in [5.74, 6) is -4.01. The predicted molar refractivity (Wildman–Crippen MR) is 68.4 cm³/mol. The third kappa shape index (κ3) is 3.30. The van der Waals surface area contributed by atoms with E-state index in [1.165, 1.54) is 13.0 Å². The number of hydrogen-bond acceptors (Lipinski definition) is 4. The molecule has 0 unspecified atom stereocenters. The van der Waals surface area contributed by atoms with Gasteiger partial charge in [0, 0.05) is 11.9 Å². The van der Waals surface area contributed by atoms with Crippen LogP contribution in [0.2, 0.25) is 0 Å². The van der Waals surface area contributed by atoms with Crippen molar-refractivity contribution in [1.82, 2.24) is 9.97 Å². The fourth-order valence-corrected chi connectivity index (χ4v) is 1.67. The van der Waals surface area contributed by atoms with Gasteiger partial charge in [0.2, 0.25) is 5.82 Å². The smallest absolute Gasteiger partial charge is 0.451 e. The standard InChI is InChI=1S/C13H9F4N3O2/c1-6-4-7(14)2-3-9(6)19-10-8(11(21)22)5-18-12(20-10)13(15,16)17/h2-5H,1H3,(H,21,22)(H,18,19,20). The van der Waals surface area contributed by atoms with Gasteiger partial charge < -0.3 is 10.4 Å². The van der Waals surface area contributed by atoms with Crippen LogP contribution in [0.3, 0.4) is 0 Å². The molecule has 0 aliphatic rings. The van der Waals surface area contributed by atoms with Crippen LogP contribution in [-0.2, 0) is 6.18 Å². The number of nitrogens with one attached hydrogen (secondary N) is 1. The molecule has 1 aromatic carbocycles. The maximum absolute atomic E-state index is 13.0. The van der Waals surface area contributed by atoms with E-state index in [4.69, 9.17) is 5.11 Å². The van der Waals surface area contributed by atoms with Crippen molar-refractivity contribution in [3.05, 3.63) is 47.2 Å². The SMILES string of the molecule is Cc1cc(F)ccc1Nc1nc(C(F)(F)F)ncc1C(=O)O. The number of aryl methyl sites for hydroxylation is 1. The van der Waals surface area contributed by atoms with Gasteiger partial charge in [-0.05, 0) is 30.7 Å². The van der Waals surface area contributed by atoms with Crippen LogP contribution < -0.4 is 5.32 Å². The zero-order valence-electron chi connectivity index (χ0n) is 11.1. The summed E-state index contributed by atoms with van der Waals surface area (Å²) in [6.45, 7) is 1.51. The largest absolute Gasteiger partial charge is 0.477 e. The van der Waals surface area contributed by atoms with Gasteiger partial charge in [0.05, 0.1) is 0 Å². The third-order valence-electron chi connectivity index (χ3n) is 2.71. The third-order valence-corrected chi connectivity index (χ3v) is 2.71. The monoisotopic (exact) mass is 315 g/mol. The van der Waals surface area contributed by atoms with E-state index >= 15 is 0 Å². The number of benzene rings is 1. The van der Waals surface area contributed by atoms with Crippen LogP contribution in [0.4, 0.5) is 29.1 Å². The first kappa shape index (κ1) is 15.7. The first-order valence-electron chi connectivity index (χ1n) is 5.89. The summed E-state index contributed by atoms with van der Waals surface area (Å²) in [7, 11) is 0. The van der Waals surface area contributed by atoms with E-state index in [9.17, 15) is 22.4 Å². The van der Waals surface area contributed by atoms with Gasteiger partial charge in [0.25, 0.3) is 0 Å². The average molecular weight is 315 g/mol. The predicted octanol–water partition coefficient (Wildman–Crippen LogP) is 3.38. The van der Waals surface area contributed by atoms with Crippen LogP contribution in [0.1, 0.15) is 21.7 Å². The molecule has 0 aliphatic heterocycles. The topological polar surface area (TPSA) is 75.1 Å². The highest BCUT2D eigenvalue weighted by atomic mass is 19.4. The summed E-state index contributed by atoms with van der Waals surface area (Å²) in [6.07, 6.45) is -4.25. The number of aromatic carboxylic acids is 1. The van der Waals surface area contributed by atoms with E-state index in [2.05, 4.69) is 15.3 Å². The minimum atomic E-state index is -4.81. The van der Waals surface area contributed by atoms with Crippen molar-refractivity contribution in [2.75, 3.05) is 5.32 Å². The lowest BCUT2D eigenvalue weighted by molar-refractivity contribution is -0.144. The number of halogens is 4. The molecule has 1 aromatic heterocycles. The molecule has 1 heterocycles. The van der Waals surface area contributed by atoms with E-state index in [1.807, 2.05) is 0 Å². The molecule has 0 fully saturated rings. The molecule has 2 N–H and O–H groups in total. The van der Waals surface area contributed by atoms with E-state index in [-0.39, 0.29) is 5.69 Å². The Morgan fingerprint density at radius 1 is 1.32 bits per heavy atom. The molecule has 0 atom stereocenters. The van der Waals surface area contributed by atoms with Crippen LogP contribution in [0.15, 0.2) is 24.4 Å². The van der Waals surface area contributed by atoms with E-state index in [1.54, 1.807) is 0 Å². The second-order valence-corrected chi connectivity index (χ2v) is 4.34. The van der Waals surface area contributed by atoms with Crippen molar-refractivity contribution in [3.8, 4) is 0 Å². The molecule has 9 heteroatoms. The first-order chi connectivity index (χ1) is 10.2. The van der Waals surface area contributed by atoms with E-state index in [0.29, 0.717) is 11.8 Å². The highest BCUT2D eigenvalue weighted by Crippen LogP contribution is 2.29. The van der Waals surface area contributed by atoms with Gasteiger partial charge >= 0.3 is 12.1 Å². The Labute approximate surface area is 121 Å². The molecule has 2 rings (SSSR count). The van der Waals surface area contributed by atoms with E-state index in [0.717, 1.165) is 12.1 Å². The van der Waals surface area contributed by atoms with Gasteiger partial charge in [-0.3, -0.25) is 0 Å². The van der Waals surface area contributed by atoms with Crippen LogP contribution in [0.5, 0.6) is 0 Å². The second-order valence-electron chi connectivity index (χ2n) is 4.34. The molecule has 0 saturated carbocycles. The summed E-state index contributed by atoms with van der Waals surface area (Å²) in [5.41, 5.74) is 0.0796. The van der Waals surface area contributed by atoms with Gasteiger partial charge in [0.15, 0.2) is 0 Å². The average Bonchev–Trinajstić information content (AvgIpc) is 2.40. The minimum absolute atomic E-state index is 0.232. The van der Waals surface area contributed by atoms with Crippen molar-refractivity contribution in [2.45, 2.75) is 13.1 Å². The Hall–Kier alpha value is -2.71. The summed E-state index contributed by atoms with van der Waals surface area (Å²) >= 11 is 0. The van der Waals surface area contributed by atoms with Crippen LogP contribution in [-0.4, -0.2) is 21.0 Å². The van der Waals surface area contributed by atoms with Gasteiger partial charge in [-0.1, -0.05) is 0 Å². The quantitative estimate of drug-likeness (QED) is 0.849. The molecule has 116 valence electrons. The van der Waals surface area contributed by atoms with Crippen LogP contribution in [0.25, 0.3) is 0 Å². The zero-order chi connectivity index (χ0) is 16.5. The van der Waals surface area contributed by atoms with Gasteiger partial charge in [-0.25, -0.2) is 19.2 Å². The van der Waals surface area contributed by atoms with Crippen molar-refractivity contribution >= 4 is 17.5 Å². The van der Waals surface area contributed by atoms with Crippen molar-refractivity contribution in [3.63, 3.8) is 0 Å². The lowest BCUT2D eigenvalue weighted by Gasteiger charge is -2.13. The Bertz CT molecular complexity index is 732. The Morgan fingerprint density at radius 2 is 2.00 bits per heavy atom. The normalized spacial score (nSPS) is 11.3. The highest BCUT2D eigenvalue weighted by molar-refractivity contribution is 5.93. The molecule has 22 heavy (non-hydrogen) atoms. The Balaban J connectivity index is 2.49. The van der Waals surface area contributed by atoms with Crippen LogP contribution >= 0.6 is 0 Å². The first-order valence-corrected chi connectivity index (χ1v) is 5.89. The number of aromatic nitrogens is 2. The molecule has 0 radical (unpaired) electrons. The molecular formula is C13H9F4N3O2. The number of hydrogen-bond donors (Lipinski definition) is 2. The van der Waals surface area contributed by atoms with Gasteiger partial charge in [-0.2, -0.15) is 13.2 Å². The zero-order valence-corrected chi connectivity index (χ0v) is 11.1. The summed E-state index contributed by atoms with van der Waals surface area (Å²) in [6, 6.07) is 3.50. The Morgan fingerprint density at radius 3 is 2.55 bits per heavy atom. The maximum Gasteiger partial charge on any atom is 0.451 e. The number of carbonyl (C=O) groups is 1. The van der Waals surface area contributed by atoms with Crippen LogP contribution in [0, 0.1) is 12.7 Å². The van der Waals surface area contributed by atoms with Gasteiger partial charge in [-0.15, -0.1) is 0 Å². The number of nitrogens with zero attached hydrogens (tertiary/aromatic N) is 2. The highest BCUT2D eigenvalue weighted by Gasteiger charge is 2.35.